The molecule has 31 heavy (non-hydrogen) atoms. The van der Waals surface area contributed by atoms with Crippen molar-refractivity contribution in [2.24, 2.45) is 4.99 Å². The van der Waals surface area contributed by atoms with Crippen LogP contribution in [0.2, 0.25) is 0 Å². The Morgan fingerprint density at radius 2 is 1.90 bits per heavy atom. The second-order valence-corrected chi connectivity index (χ2v) is 8.13. The first-order chi connectivity index (χ1) is 15.2. The quantitative estimate of drug-likeness (QED) is 0.591. The maximum absolute atomic E-state index is 5.66. The Morgan fingerprint density at radius 1 is 1.10 bits per heavy atom. The van der Waals surface area contributed by atoms with Crippen molar-refractivity contribution in [3.05, 3.63) is 54.2 Å². The number of morpholine rings is 1. The highest BCUT2D eigenvalue weighted by atomic mass is 16.5. The zero-order valence-corrected chi connectivity index (χ0v) is 18.7. The zero-order chi connectivity index (χ0) is 21.5. The van der Waals surface area contributed by atoms with E-state index in [-0.39, 0.29) is 6.10 Å². The van der Waals surface area contributed by atoms with Crippen molar-refractivity contribution < 1.29 is 4.74 Å². The van der Waals surface area contributed by atoms with Crippen molar-refractivity contribution >= 4 is 17.5 Å². The standard InChI is InChI=1S/C24H34N6O/c1-3-25-24(29-13-11-28(12-14-29)22-7-5-4-6-8-22)27-18-21-9-10-26-23(17-21)30-15-16-31-20(2)19-30/h4-10,17,20H,3,11-16,18-19H2,1-2H3,(H,25,27). The molecule has 7 nitrogen and oxygen atoms in total. The van der Waals surface area contributed by atoms with Crippen LogP contribution in [0.4, 0.5) is 11.5 Å². The van der Waals surface area contributed by atoms with Crippen molar-refractivity contribution in [3.8, 4) is 0 Å². The van der Waals surface area contributed by atoms with Gasteiger partial charge in [-0.1, -0.05) is 18.2 Å². The van der Waals surface area contributed by atoms with Crippen molar-refractivity contribution in [3.63, 3.8) is 0 Å². The fraction of sp³-hybridized carbons (Fsp3) is 0.500. The number of hydrogen-bond donors (Lipinski definition) is 1. The van der Waals surface area contributed by atoms with Gasteiger partial charge in [0.1, 0.15) is 5.82 Å². The summed E-state index contributed by atoms with van der Waals surface area (Å²) in [6.07, 6.45) is 2.14. The molecule has 2 aromatic rings. The number of piperazine rings is 1. The van der Waals surface area contributed by atoms with Crippen LogP contribution in [0.5, 0.6) is 0 Å². The van der Waals surface area contributed by atoms with E-state index in [0.717, 1.165) is 64.2 Å². The number of guanidine groups is 1. The van der Waals surface area contributed by atoms with Gasteiger partial charge in [-0.05, 0) is 43.7 Å². The predicted octanol–water partition coefficient (Wildman–Crippen LogP) is 2.59. The summed E-state index contributed by atoms with van der Waals surface area (Å²) in [5.74, 6) is 2.01. The molecule has 0 radical (unpaired) electrons. The Balaban J connectivity index is 1.39. The number of hydrogen-bond acceptors (Lipinski definition) is 5. The second kappa shape index (κ2) is 10.5. The Kier molecular flexibility index (Phi) is 7.25. The summed E-state index contributed by atoms with van der Waals surface area (Å²) in [5, 5.41) is 3.48. The van der Waals surface area contributed by atoms with E-state index in [1.54, 1.807) is 0 Å². The van der Waals surface area contributed by atoms with Gasteiger partial charge in [0, 0.05) is 57.7 Å². The van der Waals surface area contributed by atoms with Crippen LogP contribution in [0.25, 0.3) is 0 Å². The van der Waals surface area contributed by atoms with Gasteiger partial charge in [-0.2, -0.15) is 0 Å². The van der Waals surface area contributed by atoms with E-state index in [1.807, 2.05) is 6.20 Å². The highest BCUT2D eigenvalue weighted by Crippen LogP contribution is 2.18. The molecule has 0 saturated carbocycles. The summed E-state index contributed by atoms with van der Waals surface area (Å²) < 4.78 is 5.66. The number of aliphatic imine (C=N–C) groups is 1. The number of rotatable bonds is 5. The summed E-state index contributed by atoms with van der Waals surface area (Å²) >= 11 is 0. The maximum Gasteiger partial charge on any atom is 0.194 e. The lowest BCUT2D eigenvalue weighted by molar-refractivity contribution is 0.0529. The average molecular weight is 423 g/mol. The van der Waals surface area contributed by atoms with E-state index >= 15 is 0 Å². The average Bonchev–Trinajstić information content (AvgIpc) is 2.83. The van der Waals surface area contributed by atoms with Gasteiger partial charge < -0.3 is 24.8 Å². The van der Waals surface area contributed by atoms with Crippen molar-refractivity contribution in [2.45, 2.75) is 26.5 Å². The van der Waals surface area contributed by atoms with Crippen LogP contribution in [0.15, 0.2) is 53.7 Å². The van der Waals surface area contributed by atoms with E-state index in [4.69, 9.17) is 9.73 Å². The number of anilines is 2. The number of benzene rings is 1. The minimum atomic E-state index is 0.243. The van der Waals surface area contributed by atoms with Gasteiger partial charge in [-0.25, -0.2) is 9.98 Å². The Labute approximate surface area is 185 Å². The van der Waals surface area contributed by atoms with Crippen molar-refractivity contribution in [2.75, 3.05) is 62.2 Å². The molecule has 1 atom stereocenters. The van der Waals surface area contributed by atoms with Gasteiger partial charge >= 0.3 is 0 Å². The summed E-state index contributed by atoms with van der Waals surface area (Å²) in [4.78, 5) is 16.6. The monoisotopic (exact) mass is 422 g/mol. The Morgan fingerprint density at radius 3 is 2.65 bits per heavy atom. The number of nitrogens with one attached hydrogen (secondary N) is 1. The normalized spacial score (nSPS) is 20.1. The van der Waals surface area contributed by atoms with E-state index < -0.39 is 0 Å². The first kappa shape index (κ1) is 21.4. The molecule has 3 heterocycles. The van der Waals surface area contributed by atoms with Crippen LogP contribution >= 0.6 is 0 Å². The number of aromatic nitrogens is 1. The fourth-order valence-corrected chi connectivity index (χ4v) is 4.17. The molecule has 1 aromatic carbocycles. The summed E-state index contributed by atoms with van der Waals surface area (Å²) in [6.45, 7) is 12.2. The molecule has 0 amide bonds. The largest absolute Gasteiger partial charge is 0.375 e. The van der Waals surface area contributed by atoms with Gasteiger partial charge in [0.25, 0.3) is 0 Å². The van der Waals surface area contributed by atoms with E-state index in [1.165, 1.54) is 11.3 Å². The van der Waals surface area contributed by atoms with Crippen LogP contribution < -0.4 is 15.1 Å². The highest BCUT2D eigenvalue weighted by Gasteiger charge is 2.20. The lowest BCUT2D eigenvalue weighted by atomic mass is 10.2. The molecule has 4 rings (SSSR count). The molecular formula is C24H34N6O. The summed E-state index contributed by atoms with van der Waals surface area (Å²) in [7, 11) is 0. The Hall–Kier alpha value is -2.80. The molecule has 2 fully saturated rings. The van der Waals surface area contributed by atoms with Crippen molar-refractivity contribution in [1.82, 2.24) is 15.2 Å². The minimum absolute atomic E-state index is 0.243. The van der Waals surface area contributed by atoms with Gasteiger partial charge in [0.2, 0.25) is 0 Å². The summed E-state index contributed by atoms with van der Waals surface area (Å²) in [5.41, 5.74) is 2.48. The SMILES string of the molecule is CCNC(=NCc1ccnc(N2CCOC(C)C2)c1)N1CCN(c2ccccc2)CC1. The number of pyridine rings is 1. The first-order valence-corrected chi connectivity index (χ1v) is 11.4. The molecular weight excluding hydrogens is 388 g/mol. The van der Waals surface area contributed by atoms with Gasteiger partial charge in [-0.15, -0.1) is 0 Å². The van der Waals surface area contributed by atoms with Gasteiger partial charge in [0.05, 0.1) is 19.3 Å². The molecule has 1 N–H and O–H groups in total. The molecule has 2 aliphatic heterocycles. The maximum atomic E-state index is 5.66. The lowest BCUT2D eigenvalue weighted by Crippen LogP contribution is -2.52. The summed E-state index contributed by atoms with van der Waals surface area (Å²) in [6, 6.07) is 14.9. The number of nitrogens with zero attached hydrogens (tertiary/aromatic N) is 5. The third-order valence-corrected chi connectivity index (χ3v) is 5.82. The number of ether oxygens (including phenoxy) is 1. The first-order valence-electron chi connectivity index (χ1n) is 11.4. The smallest absolute Gasteiger partial charge is 0.194 e. The molecule has 1 unspecified atom stereocenters. The van der Waals surface area contributed by atoms with E-state index in [9.17, 15) is 0 Å². The molecule has 1 aromatic heterocycles. The molecule has 2 saturated heterocycles. The fourth-order valence-electron chi connectivity index (χ4n) is 4.17. The van der Waals surface area contributed by atoms with Crippen LogP contribution in [0.3, 0.4) is 0 Å². The van der Waals surface area contributed by atoms with Gasteiger partial charge in [0.15, 0.2) is 5.96 Å². The molecule has 166 valence electrons. The molecule has 0 aliphatic carbocycles. The Bertz CT molecular complexity index is 850. The van der Waals surface area contributed by atoms with Gasteiger partial charge in [-0.3, -0.25) is 0 Å². The number of para-hydroxylation sites is 1. The third-order valence-electron chi connectivity index (χ3n) is 5.82. The van der Waals surface area contributed by atoms with Crippen LogP contribution in [-0.2, 0) is 11.3 Å². The zero-order valence-electron chi connectivity index (χ0n) is 18.7. The van der Waals surface area contributed by atoms with E-state index in [0.29, 0.717) is 6.54 Å². The molecule has 0 bridgehead atoms. The topological polar surface area (TPSA) is 56.2 Å². The minimum Gasteiger partial charge on any atom is -0.375 e. The second-order valence-electron chi connectivity index (χ2n) is 8.13. The molecule has 0 spiro atoms. The van der Waals surface area contributed by atoms with Crippen LogP contribution in [0, 0.1) is 0 Å². The molecule has 7 heteroatoms. The van der Waals surface area contributed by atoms with E-state index in [2.05, 4.69) is 81.3 Å². The highest BCUT2D eigenvalue weighted by molar-refractivity contribution is 5.80. The van der Waals surface area contributed by atoms with Crippen molar-refractivity contribution in [1.29, 1.82) is 0 Å². The predicted molar refractivity (Wildman–Crippen MR) is 127 cm³/mol. The molecule has 2 aliphatic rings. The third kappa shape index (κ3) is 5.67. The van der Waals surface area contributed by atoms with Crippen LogP contribution in [-0.4, -0.2) is 74.4 Å². The lowest BCUT2D eigenvalue weighted by Gasteiger charge is -2.37. The van der Waals surface area contributed by atoms with Crippen LogP contribution in [0.1, 0.15) is 19.4 Å².